The van der Waals surface area contributed by atoms with Gasteiger partial charge in [-0.05, 0) is 19.8 Å². The number of hydrogen-bond acceptors (Lipinski definition) is 4. The van der Waals surface area contributed by atoms with Crippen LogP contribution in [0, 0.1) is 6.92 Å². The van der Waals surface area contributed by atoms with Gasteiger partial charge in [0.1, 0.15) is 5.82 Å². The summed E-state index contributed by atoms with van der Waals surface area (Å²) in [4.78, 5) is 11.6. The van der Waals surface area contributed by atoms with Crippen LogP contribution in [-0.4, -0.2) is 36.1 Å². The molecule has 0 radical (unpaired) electrons. The molecule has 92 valence electrons. The van der Waals surface area contributed by atoms with Crippen molar-refractivity contribution in [3.05, 3.63) is 17.7 Å². The van der Waals surface area contributed by atoms with E-state index in [1.54, 1.807) is 0 Å². The highest BCUT2D eigenvalue weighted by Crippen LogP contribution is 2.34. The summed E-state index contributed by atoms with van der Waals surface area (Å²) in [7, 11) is 0. The first-order chi connectivity index (χ1) is 8.34. The molecule has 0 bridgehead atoms. The van der Waals surface area contributed by atoms with Crippen LogP contribution in [0.25, 0.3) is 0 Å². The van der Waals surface area contributed by atoms with Gasteiger partial charge in [-0.3, -0.25) is 0 Å². The van der Waals surface area contributed by atoms with Gasteiger partial charge in [-0.2, -0.15) is 0 Å². The number of aryl methyl sites for hydroxylation is 1. The van der Waals surface area contributed by atoms with Crippen molar-refractivity contribution in [1.82, 2.24) is 15.3 Å². The third kappa shape index (κ3) is 2.14. The SMILES string of the molecule is Cc1nc(C2CCC2)ncc1N1CCNCC1. The summed E-state index contributed by atoms with van der Waals surface area (Å²) >= 11 is 0. The molecule has 0 amide bonds. The molecule has 3 rings (SSSR count). The van der Waals surface area contributed by atoms with E-state index in [0.29, 0.717) is 5.92 Å². The molecule has 1 aromatic rings. The molecule has 1 N–H and O–H groups in total. The maximum Gasteiger partial charge on any atom is 0.131 e. The average Bonchev–Trinajstić information content (AvgIpc) is 2.28. The van der Waals surface area contributed by atoms with Crippen LogP contribution in [0.4, 0.5) is 5.69 Å². The van der Waals surface area contributed by atoms with Gasteiger partial charge in [0.2, 0.25) is 0 Å². The van der Waals surface area contributed by atoms with Crippen LogP contribution in [0.3, 0.4) is 0 Å². The Bertz CT molecular complexity index is 394. The van der Waals surface area contributed by atoms with Crippen LogP contribution >= 0.6 is 0 Å². The van der Waals surface area contributed by atoms with Gasteiger partial charge in [0, 0.05) is 32.1 Å². The standard InChI is InChI=1S/C13H20N4/c1-10-12(17-7-5-14-6-8-17)9-15-13(16-10)11-3-2-4-11/h9,11,14H,2-8H2,1H3. The van der Waals surface area contributed by atoms with Crippen LogP contribution < -0.4 is 10.2 Å². The van der Waals surface area contributed by atoms with E-state index in [9.17, 15) is 0 Å². The van der Waals surface area contributed by atoms with Crippen LogP contribution in [0.15, 0.2) is 6.20 Å². The minimum atomic E-state index is 0.630. The van der Waals surface area contributed by atoms with Crippen LogP contribution in [0.2, 0.25) is 0 Å². The summed E-state index contributed by atoms with van der Waals surface area (Å²) in [6.07, 6.45) is 5.91. The van der Waals surface area contributed by atoms with E-state index < -0.39 is 0 Å². The highest BCUT2D eigenvalue weighted by atomic mass is 15.2. The molecule has 1 aliphatic heterocycles. The summed E-state index contributed by atoms with van der Waals surface area (Å²) in [6.45, 7) is 6.36. The fourth-order valence-corrected chi connectivity index (χ4v) is 2.56. The number of aromatic nitrogens is 2. The second-order valence-corrected chi connectivity index (χ2v) is 5.06. The topological polar surface area (TPSA) is 41.1 Å². The minimum absolute atomic E-state index is 0.630. The molecular weight excluding hydrogens is 212 g/mol. The zero-order chi connectivity index (χ0) is 11.7. The fraction of sp³-hybridized carbons (Fsp3) is 0.692. The lowest BCUT2D eigenvalue weighted by Crippen LogP contribution is -2.44. The quantitative estimate of drug-likeness (QED) is 0.838. The van der Waals surface area contributed by atoms with Gasteiger partial charge in [-0.25, -0.2) is 9.97 Å². The first-order valence-electron chi connectivity index (χ1n) is 6.64. The third-order valence-electron chi connectivity index (χ3n) is 3.90. The average molecular weight is 232 g/mol. The van der Waals surface area contributed by atoms with Gasteiger partial charge in [0.05, 0.1) is 17.6 Å². The lowest BCUT2D eigenvalue weighted by atomic mass is 9.85. The Hall–Kier alpha value is -1.16. The molecule has 4 heteroatoms. The van der Waals surface area contributed by atoms with Crippen molar-refractivity contribution in [3.8, 4) is 0 Å². The van der Waals surface area contributed by atoms with E-state index in [2.05, 4.69) is 22.1 Å². The molecule has 17 heavy (non-hydrogen) atoms. The Kier molecular flexibility index (Phi) is 2.97. The van der Waals surface area contributed by atoms with Gasteiger partial charge in [0.25, 0.3) is 0 Å². The molecule has 0 atom stereocenters. The molecule has 1 aliphatic carbocycles. The Morgan fingerprint density at radius 2 is 2.06 bits per heavy atom. The zero-order valence-corrected chi connectivity index (χ0v) is 10.4. The van der Waals surface area contributed by atoms with E-state index in [1.807, 2.05) is 6.20 Å². The van der Waals surface area contributed by atoms with Crippen molar-refractivity contribution in [1.29, 1.82) is 0 Å². The fourth-order valence-electron chi connectivity index (χ4n) is 2.56. The summed E-state index contributed by atoms with van der Waals surface area (Å²) < 4.78 is 0. The van der Waals surface area contributed by atoms with Crippen molar-refractivity contribution >= 4 is 5.69 Å². The molecule has 1 aromatic heterocycles. The summed E-state index contributed by atoms with van der Waals surface area (Å²) in [6, 6.07) is 0. The number of piperazine rings is 1. The summed E-state index contributed by atoms with van der Waals surface area (Å²) in [5, 5.41) is 3.37. The lowest BCUT2D eigenvalue weighted by molar-refractivity contribution is 0.400. The number of hydrogen-bond donors (Lipinski definition) is 1. The molecule has 1 saturated heterocycles. The van der Waals surface area contributed by atoms with Crippen molar-refractivity contribution in [2.24, 2.45) is 0 Å². The van der Waals surface area contributed by atoms with Crippen molar-refractivity contribution in [3.63, 3.8) is 0 Å². The predicted molar refractivity (Wildman–Crippen MR) is 68.4 cm³/mol. The van der Waals surface area contributed by atoms with Gasteiger partial charge in [0.15, 0.2) is 0 Å². The number of anilines is 1. The van der Waals surface area contributed by atoms with Crippen LogP contribution in [0.5, 0.6) is 0 Å². The molecule has 0 aromatic carbocycles. The Labute approximate surface area is 102 Å². The van der Waals surface area contributed by atoms with E-state index >= 15 is 0 Å². The minimum Gasteiger partial charge on any atom is -0.366 e. The van der Waals surface area contributed by atoms with Gasteiger partial charge < -0.3 is 10.2 Å². The van der Waals surface area contributed by atoms with Gasteiger partial charge in [-0.15, -0.1) is 0 Å². The Morgan fingerprint density at radius 1 is 1.29 bits per heavy atom. The molecule has 2 fully saturated rings. The van der Waals surface area contributed by atoms with E-state index in [0.717, 1.165) is 37.7 Å². The van der Waals surface area contributed by atoms with Crippen LogP contribution in [0.1, 0.15) is 36.7 Å². The first kappa shape index (κ1) is 11.0. The van der Waals surface area contributed by atoms with Gasteiger partial charge >= 0.3 is 0 Å². The molecule has 2 aliphatic rings. The van der Waals surface area contributed by atoms with Crippen molar-refractivity contribution in [2.75, 3.05) is 31.1 Å². The summed E-state index contributed by atoms with van der Waals surface area (Å²) in [5.74, 6) is 1.69. The van der Waals surface area contributed by atoms with Gasteiger partial charge in [-0.1, -0.05) is 6.42 Å². The van der Waals surface area contributed by atoms with E-state index in [-0.39, 0.29) is 0 Å². The molecule has 2 heterocycles. The lowest BCUT2D eigenvalue weighted by Gasteiger charge is -2.31. The Balaban J connectivity index is 1.80. The van der Waals surface area contributed by atoms with Crippen molar-refractivity contribution < 1.29 is 0 Å². The van der Waals surface area contributed by atoms with E-state index in [1.165, 1.54) is 24.9 Å². The number of nitrogens with one attached hydrogen (secondary N) is 1. The maximum absolute atomic E-state index is 4.70. The summed E-state index contributed by atoms with van der Waals surface area (Å²) in [5.41, 5.74) is 2.36. The largest absolute Gasteiger partial charge is 0.366 e. The number of rotatable bonds is 2. The second kappa shape index (κ2) is 4.61. The normalized spacial score (nSPS) is 21.4. The van der Waals surface area contributed by atoms with Crippen LogP contribution in [-0.2, 0) is 0 Å². The zero-order valence-electron chi connectivity index (χ0n) is 10.4. The number of nitrogens with zero attached hydrogens (tertiary/aromatic N) is 3. The smallest absolute Gasteiger partial charge is 0.131 e. The van der Waals surface area contributed by atoms with Crippen molar-refractivity contribution in [2.45, 2.75) is 32.1 Å². The molecule has 4 nitrogen and oxygen atoms in total. The first-order valence-corrected chi connectivity index (χ1v) is 6.64. The van der Waals surface area contributed by atoms with E-state index in [4.69, 9.17) is 4.98 Å². The highest BCUT2D eigenvalue weighted by molar-refractivity contribution is 5.49. The third-order valence-corrected chi connectivity index (χ3v) is 3.90. The molecule has 0 unspecified atom stereocenters. The monoisotopic (exact) mass is 232 g/mol. The second-order valence-electron chi connectivity index (χ2n) is 5.06. The molecular formula is C13H20N4. The maximum atomic E-state index is 4.70. The highest BCUT2D eigenvalue weighted by Gasteiger charge is 2.23. The molecule has 1 saturated carbocycles. The Morgan fingerprint density at radius 3 is 2.65 bits per heavy atom. The predicted octanol–water partition coefficient (Wildman–Crippen LogP) is 1.46. The molecule has 0 spiro atoms.